The summed E-state index contributed by atoms with van der Waals surface area (Å²) in [4.78, 5) is 12.5. The van der Waals surface area contributed by atoms with Crippen LogP contribution in [0.2, 0.25) is 0 Å². The Balaban J connectivity index is 1.94. The number of hydrogen-bond acceptors (Lipinski definition) is 2. The van der Waals surface area contributed by atoms with Crippen molar-refractivity contribution in [2.24, 2.45) is 0 Å². The highest BCUT2D eigenvalue weighted by atomic mass is 32.1. The van der Waals surface area contributed by atoms with Crippen molar-refractivity contribution in [2.75, 3.05) is 0 Å². The van der Waals surface area contributed by atoms with Crippen LogP contribution >= 0.6 is 11.3 Å². The van der Waals surface area contributed by atoms with E-state index in [0.717, 1.165) is 28.9 Å². The molecule has 1 nitrogen and oxygen atoms in total. The average Bonchev–Trinajstić information content (AvgIpc) is 2.86. The number of fused-ring (bicyclic) bond motifs is 1. The predicted octanol–water partition coefficient (Wildman–Crippen LogP) is 4.74. The molecule has 2 aromatic carbocycles. The maximum atomic E-state index is 13.5. The molecule has 0 aliphatic rings. The van der Waals surface area contributed by atoms with Gasteiger partial charge in [-0.05, 0) is 35.7 Å². The number of rotatable bonds is 3. The Kier molecular flexibility index (Phi) is 3.51. The second kappa shape index (κ2) is 5.33. The first-order chi connectivity index (χ1) is 10.0. The number of benzene rings is 2. The lowest BCUT2D eigenvalue weighted by Crippen LogP contribution is -2.05. The van der Waals surface area contributed by atoms with E-state index in [-0.39, 0.29) is 23.6 Å². The Morgan fingerprint density at radius 1 is 1.00 bits per heavy atom. The number of hydrogen-bond donors (Lipinski definition) is 0. The fourth-order valence-electron chi connectivity index (χ4n) is 2.09. The van der Waals surface area contributed by atoms with E-state index in [0.29, 0.717) is 9.58 Å². The molecule has 106 valence electrons. The summed E-state index contributed by atoms with van der Waals surface area (Å²) in [6, 6.07) is 9.31. The molecule has 0 spiro atoms. The summed E-state index contributed by atoms with van der Waals surface area (Å²) in [5.74, 6) is -2.25. The predicted molar refractivity (Wildman–Crippen MR) is 76.2 cm³/mol. The van der Waals surface area contributed by atoms with Crippen LogP contribution in [0.15, 0.2) is 42.5 Å². The highest BCUT2D eigenvalue weighted by Crippen LogP contribution is 2.28. The number of carbonyl (C=O) groups excluding carboxylic acids is 1. The van der Waals surface area contributed by atoms with Gasteiger partial charge in [-0.15, -0.1) is 11.3 Å². The molecule has 0 aliphatic carbocycles. The van der Waals surface area contributed by atoms with Crippen molar-refractivity contribution in [2.45, 2.75) is 6.42 Å². The third-order valence-corrected chi connectivity index (χ3v) is 4.29. The second-order valence-corrected chi connectivity index (χ2v) is 5.68. The van der Waals surface area contributed by atoms with Crippen LogP contribution in [0.5, 0.6) is 0 Å². The first-order valence-corrected chi connectivity index (χ1v) is 7.01. The standard InChI is InChI=1S/C16H9F3OS/c17-10-5-4-9-6-16(21-15(9)7-10)14(20)8-11-12(18)2-1-3-13(11)19/h1-7H,8H2. The number of ketones is 1. The molecule has 0 N–H and O–H groups in total. The highest BCUT2D eigenvalue weighted by molar-refractivity contribution is 7.20. The molecule has 0 fully saturated rings. The van der Waals surface area contributed by atoms with E-state index >= 15 is 0 Å². The van der Waals surface area contributed by atoms with Crippen LogP contribution in [0.3, 0.4) is 0 Å². The van der Waals surface area contributed by atoms with E-state index in [9.17, 15) is 18.0 Å². The normalized spacial score (nSPS) is 11.0. The minimum atomic E-state index is -0.740. The zero-order chi connectivity index (χ0) is 15.0. The smallest absolute Gasteiger partial charge is 0.177 e. The topological polar surface area (TPSA) is 17.1 Å². The van der Waals surface area contributed by atoms with E-state index in [4.69, 9.17) is 0 Å². The zero-order valence-corrected chi connectivity index (χ0v) is 11.5. The number of thiophene rings is 1. The maximum absolute atomic E-state index is 13.5. The lowest BCUT2D eigenvalue weighted by molar-refractivity contribution is 0.0994. The molecule has 0 radical (unpaired) electrons. The molecule has 1 heterocycles. The first-order valence-electron chi connectivity index (χ1n) is 6.20. The second-order valence-electron chi connectivity index (χ2n) is 4.59. The third-order valence-electron chi connectivity index (χ3n) is 3.16. The van der Waals surface area contributed by atoms with E-state index in [1.165, 1.54) is 18.2 Å². The summed E-state index contributed by atoms with van der Waals surface area (Å²) >= 11 is 1.12. The monoisotopic (exact) mass is 306 g/mol. The molecule has 0 bridgehead atoms. The van der Waals surface area contributed by atoms with Gasteiger partial charge in [-0.1, -0.05) is 12.1 Å². The van der Waals surface area contributed by atoms with Crippen LogP contribution in [0.4, 0.5) is 13.2 Å². The highest BCUT2D eigenvalue weighted by Gasteiger charge is 2.16. The van der Waals surface area contributed by atoms with Gasteiger partial charge in [0.2, 0.25) is 0 Å². The van der Waals surface area contributed by atoms with Crippen molar-refractivity contribution in [1.29, 1.82) is 0 Å². The van der Waals surface area contributed by atoms with Crippen LogP contribution in [-0.2, 0) is 6.42 Å². The molecule has 3 rings (SSSR count). The number of halogens is 3. The Labute approximate surface area is 122 Å². The SMILES string of the molecule is O=C(Cc1c(F)cccc1F)c1cc2ccc(F)cc2s1. The maximum Gasteiger partial charge on any atom is 0.177 e. The van der Waals surface area contributed by atoms with Gasteiger partial charge in [0.05, 0.1) is 4.88 Å². The Morgan fingerprint density at radius 2 is 1.71 bits per heavy atom. The van der Waals surface area contributed by atoms with Crippen molar-refractivity contribution in [3.63, 3.8) is 0 Å². The van der Waals surface area contributed by atoms with Crippen LogP contribution in [0.25, 0.3) is 10.1 Å². The summed E-state index contributed by atoms with van der Waals surface area (Å²) in [7, 11) is 0. The van der Waals surface area contributed by atoms with Gasteiger partial charge in [0.25, 0.3) is 0 Å². The van der Waals surface area contributed by atoms with E-state index in [1.54, 1.807) is 12.1 Å². The van der Waals surface area contributed by atoms with E-state index in [2.05, 4.69) is 0 Å². The Hall–Kier alpha value is -2.14. The van der Waals surface area contributed by atoms with Crippen molar-refractivity contribution < 1.29 is 18.0 Å². The van der Waals surface area contributed by atoms with Crippen molar-refractivity contribution in [3.05, 3.63) is 70.4 Å². The van der Waals surface area contributed by atoms with Gasteiger partial charge in [-0.3, -0.25) is 4.79 Å². The Bertz CT molecular complexity index is 818. The van der Waals surface area contributed by atoms with Gasteiger partial charge in [0, 0.05) is 16.7 Å². The molecule has 0 amide bonds. The summed E-state index contributed by atoms with van der Waals surface area (Å²) in [6.07, 6.45) is -0.353. The fraction of sp³-hybridized carbons (Fsp3) is 0.0625. The molecule has 0 atom stereocenters. The van der Waals surface area contributed by atoms with Crippen molar-refractivity contribution in [3.8, 4) is 0 Å². The summed E-state index contributed by atoms with van der Waals surface area (Å²) < 4.78 is 40.8. The molecule has 3 aromatic rings. The van der Waals surface area contributed by atoms with E-state index < -0.39 is 11.6 Å². The molecule has 21 heavy (non-hydrogen) atoms. The average molecular weight is 306 g/mol. The van der Waals surface area contributed by atoms with Crippen molar-refractivity contribution >= 4 is 27.2 Å². The number of Topliss-reactive ketones (excluding diaryl/α,β-unsaturated/α-hetero) is 1. The van der Waals surface area contributed by atoms with Gasteiger partial charge in [0.1, 0.15) is 17.5 Å². The first kappa shape index (κ1) is 13.8. The molecular weight excluding hydrogens is 297 g/mol. The van der Waals surface area contributed by atoms with Gasteiger partial charge in [0.15, 0.2) is 5.78 Å². The van der Waals surface area contributed by atoms with Gasteiger partial charge >= 0.3 is 0 Å². The molecule has 0 unspecified atom stereocenters. The summed E-state index contributed by atoms with van der Waals surface area (Å²) in [6.45, 7) is 0. The van der Waals surface area contributed by atoms with Crippen LogP contribution < -0.4 is 0 Å². The molecule has 0 saturated carbocycles. The lowest BCUT2D eigenvalue weighted by Gasteiger charge is -2.02. The summed E-state index contributed by atoms with van der Waals surface area (Å²) in [5.41, 5.74) is -0.244. The van der Waals surface area contributed by atoms with E-state index in [1.807, 2.05) is 0 Å². The molecule has 0 aliphatic heterocycles. The quantitative estimate of drug-likeness (QED) is 0.639. The lowest BCUT2D eigenvalue weighted by atomic mass is 10.1. The van der Waals surface area contributed by atoms with Crippen LogP contribution in [-0.4, -0.2) is 5.78 Å². The minimum absolute atomic E-state index is 0.244. The molecule has 1 aromatic heterocycles. The fourth-order valence-corrected chi connectivity index (χ4v) is 3.12. The molecular formula is C16H9F3OS. The van der Waals surface area contributed by atoms with Crippen LogP contribution in [0, 0.1) is 17.5 Å². The van der Waals surface area contributed by atoms with Gasteiger partial charge < -0.3 is 0 Å². The van der Waals surface area contributed by atoms with Gasteiger partial charge in [-0.25, -0.2) is 13.2 Å². The van der Waals surface area contributed by atoms with Crippen molar-refractivity contribution in [1.82, 2.24) is 0 Å². The van der Waals surface area contributed by atoms with Crippen LogP contribution in [0.1, 0.15) is 15.2 Å². The van der Waals surface area contributed by atoms with Gasteiger partial charge in [-0.2, -0.15) is 0 Å². The molecule has 0 saturated heterocycles. The summed E-state index contributed by atoms with van der Waals surface area (Å²) in [5, 5.41) is 0.735. The third kappa shape index (κ3) is 2.69. The molecule has 5 heteroatoms. The number of carbonyl (C=O) groups is 1. The zero-order valence-electron chi connectivity index (χ0n) is 10.7. The Morgan fingerprint density at radius 3 is 2.43 bits per heavy atom. The minimum Gasteiger partial charge on any atom is -0.293 e. The largest absolute Gasteiger partial charge is 0.293 e.